The highest BCUT2D eigenvalue weighted by molar-refractivity contribution is 7.98. The van der Waals surface area contributed by atoms with Gasteiger partial charge in [0.05, 0.1) is 30.2 Å². The molecule has 0 saturated heterocycles. The topological polar surface area (TPSA) is 73.2 Å². The molecule has 0 aliphatic rings. The van der Waals surface area contributed by atoms with E-state index in [1.165, 1.54) is 13.3 Å². The van der Waals surface area contributed by atoms with Crippen molar-refractivity contribution in [1.82, 2.24) is 9.78 Å². The number of esters is 1. The van der Waals surface area contributed by atoms with Crippen molar-refractivity contribution in [3.8, 4) is 5.69 Å². The van der Waals surface area contributed by atoms with Crippen LogP contribution in [-0.4, -0.2) is 40.9 Å². The molecule has 0 aliphatic carbocycles. The Balaban J connectivity index is 2.46. The van der Waals surface area contributed by atoms with Crippen molar-refractivity contribution < 1.29 is 9.53 Å². The lowest BCUT2D eigenvalue weighted by molar-refractivity contribution is 0.0600. The van der Waals surface area contributed by atoms with Gasteiger partial charge in [-0.2, -0.15) is 21.5 Å². The van der Waals surface area contributed by atoms with Crippen LogP contribution in [0.15, 0.2) is 35.3 Å². The van der Waals surface area contributed by atoms with Gasteiger partial charge < -0.3 is 10.1 Å². The Morgan fingerprint density at radius 1 is 1.46 bits per heavy atom. The minimum Gasteiger partial charge on any atom is -0.465 e. The van der Waals surface area contributed by atoms with Crippen molar-refractivity contribution in [3.63, 3.8) is 0 Å². The number of methoxy groups -OCH3 is 1. The molecule has 2 aromatic rings. The Labute approximate surface area is 149 Å². The Kier molecular flexibility index (Phi) is 6.28. The molecule has 1 atom stereocenters. The van der Waals surface area contributed by atoms with Gasteiger partial charge in [-0.1, -0.05) is 23.7 Å². The first-order valence-electron chi connectivity index (χ1n) is 7.20. The van der Waals surface area contributed by atoms with Gasteiger partial charge in [0.15, 0.2) is 0 Å². The molecule has 2 rings (SSSR count). The van der Waals surface area contributed by atoms with Crippen LogP contribution in [0.3, 0.4) is 0 Å². The first kappa shape index (κ1) is 18.4. The van der Waals surface area contributed by atoms with Gasteiger partial charge in [0, 0.05) is 11.8 Å². The van der Waals surface area contributed by atoms with Crippen LogP contribution in [0.25, 0.3) is 5.69 Å². The van der Waals surface area contributed by atoms with Gasteiger partial charge in [-0.05, 0) is 25.3 Å². The predicted molar refractivity (Wildman–Crippen MR) is 97.7 cm³/mol. The molecule has 1 N–H and O–H groups in total. The van der Waals surface area contributed by atoms with Crippen molar-refractivity contribution in [2.45, 2.75) is 13.0 Å². The molecule has 8 heteroatoms. The molecule has 1 unspecified atom stereocenters. The number of hydrogen-bond donors (Lipinski definition) is 1. The smallest absolute Gasteiger partial charge is 0.340 e. The molecule has 24 heavy (non-hydrogen) atoms. The van der Waals surface area contributed by atoms with E-state index in [4.69, 9.17) is 16.3 Å². The summed E-state index contributed by atoms with van der Waals surface area (Å²) in [4.78, 5) is 24.4. The zero-order valence-electron chi connectivity index (χ0n) is 13.6. The molecule has 0 radical (unpaired) electrons. The summed E-state index contributed by atoms with van der Waals surface area (Å²) in [6, 6.07) is 6.70. The highest BCUT2D eigenvalue weighted by Gasteiger charge is 2.17. The lowest BCUT2D eigenvalue weighted by atomic mass is 10.2. The number of halogens is 1. The van der Waals surface area contributed by atoms with E-state index in [0.717, 1.165) is 10.4 Å². The van der Waals surface area contributed by atoms with E-state index >= 15 is 0 Å². The number of anilines is 1. The summed E-state index contributed by atoms with van der Waals surface area (Å²) in [6.45, 7) is 1.99. The van der Waals surface area contributed by atoms with Crippen LogP contribution in [0, 0.1) is 0 Å². The number of benzene rings is 1. The SMILES string of the molecule is COC(=O)c1ccccc1-n1ncc(NC(C)CSC)c(Cl)c1=O. The van der Waals surface area contributed by atoms with E-state index in [9.17, 15) is 9.59 Å². The maximum Gasteiger partial charge on any atom is 0.340 e. The van der Waals surface area contributed by atoms with E-state index in [0.29, 0.717) is 11.4 Å². The molecular formula is C16H18ClN3O3S. The van der Waals surface area contributed by atoms with E-state index in [2.05, 4.69) is 10.4 Å². The molecule has 1 aromatic heterocycles. The number of carbonyl (C=O) groups excluding carboxylic acids is 1. The molecule has 0 spiro atoms. The van der Waals surface area contributed by atoms with Gasteiger partial charge in [0.25, 0.3) is 5.56 Å². The summed E-state index contributed by atoms with van der Waals surface area (Å²) in [5.74, 6) is 0.316. The van der Waals surface area contributed by atoms with E-state index in [1.54, 1.807) is 36.0 Å². The fourth-order valence-corrected chi connectivity index (χ4v) is 2.97. The lowest BCUT2D eigenvalue weighted by Crippen LogP contribution is -2.26. The van der Waals surface area contributed by atoms with Gasteiger partial charge in [-0.15, -0.1) is 0 Å². The maximum atomic E-state index is 12.6. The van der Waals surface area contributed by atoms with Crippen molar-refractivity contribution >= 4 is 35.0 Å². The van der Waals surface area contributed by atoms with Crippen LogP contribution in [0.4, 0.5) is 5.69 Å². The van der Waals surface area contributed by atoms with E-state index < -0.39 is 11.5 Å². The lowest BCUT2D eigenvalue weighted by Gasteiger charge is -2.16. The quantitative estimate of drug-likeness (QED) is 0.791. The van der Waals surface area contributed by atoms with E-state index in [-0.39, 0.29) is 16.6 Å². The average Bonchev–Trinajstić information content (AvgIpc) is 2.59. The third-order valence-electron chi connectivity index (χ3n) is 3.28. The minimum atomic E-state index is -0.550. The average molecular weight is 368 g/mol. The monoisotopic (exact) mass is 367 g/mol. The number of ether oxygens (including phenoxy) is 1. The number of para-hydroxylation sites is 1. The Bertz CT molecular complexity index is 794. The molecule has 0 amide bonds. The van der Waals surface area contributed by atoms with Gasteiger partial charge >= 0.3 is 5.97 Å². The van der Waals surface area contributed by atoms with Crippen molar-refractivity contribution in [1.29, 1.82) is 0 Å². The summed E-state index contributed by atoms with van der Waals surface area (Å²) >= 11 is 7.89. The summed E-state index contributed by atoms with van der Waals surface area (Å²) in [5, 5.41) is 7.33. The highest BCUT2D eigenvalue weighted by atomic mass is 35.5. The van der Waals surface area contributed by atoms with Crippen molar-refractivity contribution in [2.75, 3.05) is 24.4 Å². The third-order valence-corrected chi connectivity index (χ3v) is 4.47. The van der Waals surface area contributed by atoms with Crippen LogP contribution < -0.4 is 10.9 Å². The second kappa shape index (κ2) is 8.21. The van der Waals surface area contributed by atoms with Crippen LogP contribution in [0.1, 0.15) is 17.3 Å². The molecule has 0 fully saturated rings. The van der Waals surface area contributed by atoms with Crippen LogP contribution in [0.5, 0.6) is 0 Å². The molecule has 0 saturated carbocycles. The second-order valence-electron chi connectivity index (χ2n) is 5.10. The van der Waals surface area contributed by atoms with Gasteiger partial charge in [0.2, 0.25) is 0 Å². The van der Waals surface area contributed by atoms with Crippen LogP contribution >= 0.6 is 23.4 Å². The first-order valence-corrected chi connectivity index (χ1v) is 8.97. The second-order valence-corrected chi connectivity index (χ2v) is 6.39. The maximum absolute atomic E-state index is 12.6. The first-order chi connectivity index (χ1) is 11.5. The zero-order valence-corrected chi connectivity index (χ0v) is 15.1. The van der Waals surface area contributed by atoms with Crippen molar-refractivity contribution in [3.05, 3.63) is 51.4 Å². The number of hydrogen-bond acceptors (Lipinski definition) is 6. The summed E-state index contributed by atoms with van der Waals surface area (Å²) in [7, 11) is 1.28. The zero-order chi connectivity index (χ0) is 17.7. The van der Waals surface area contributed by atoms with E-state index in [1.807, 2.05) is 13.2 Å². The Morgan fingerprint density at radius 2 is 2.17 bits per heavy atom. The van der Waals surface area contributed by atoms with Gasteiger partial charge in [-0.25, -0.2) is 4.79 Å². The molecule has 1 heterocycles. The normalized spacial score (nSPS) is 11.8. The Hall–Kier alpha value is -1.99. The van der Waals surface area contributed by atoms with Gasteiger partial charge in [-0.3, -0.25) is 4.79 Å². The molecule has 128 valence electrons. The highest BCUT2D eigenvalue weighted by Crippen LogP contribution is 2.20. The number of nitrogens with zero attached hydrogens (tertiary/aromatic N) is 2. The fourth-order valence-electron chi connectivity index (χ4n) is 2.20. The van der Waals surface area contributed by atoms with Crippen LogP contribution in [-0.2, 0) is 4.74 Å². The van der Waals surface area contributed by atoms with Gasteiger partial charge in [0.1, 0.15) is 5.02 Å². The molecular weight excluding hydrogens is 350 g/mol. The minimum absolute atomic E-state index is 0.0256. The summed E-state index contributed by atoms with van der Waals surface area (Å²) in [5.41, 5.74) is 0.520. The van der Waals surface area contributed by atoms with Crippen molar-refractivity contribution in [2.24, 2.45) is 0 Å². The molecule has 0 bridgehead atoms. The number of thioether (sulfide) groups is 1. The Morgan fingerprint density at radius 3 is 2.83 bits per heavy atom. The van der Waals surface area contributed by atoms with Crippen LogP contribution in [0.2, 0.25) is 5.02 Å². The summed E-state index contributed by atoms with van der Waals surface area (Å²) < 4.78 is 5.84. The fraction of sp³-hybridized carbons (Fsp3) is 0.312. The number of rotatable bonds is 6. The number of aromatic nitrogens is 2. The molecule has 1 aromatic carbocycles. The summed E-state index contributed by atoms with van der Waals surface area (Å²) in [6.07, 6.45) is 3.48. The molecule has 0 aliphatic heterocycles. The third kappa shape index (κ3) is 3.91. The molecule has 6 nitrogen and oxygen atoms in total. The largest absolute Gasteiger partial charge is 0.465 e. The standard InChI is InChI=1S/C16H18ClN3O3S/c1-10(9-24-3)19-12-8-18-20(15(21)14(12)17)13-7-5-4-6-11(13)16(22)23-2/h4-8,10,19H,9H2,1-3H3. The number of carbonyl (C=O) groups is 1. The number of nitrogens with one attached hydrogen (secondary N) is 1. The predicted octanol–water partition coefficient (Wildman–Crippen LogP) is 2.84.